The van der Waals surface area contributed by atoms with Gasteiger partial charge in [0, 0.05) is 23.1 Å². The molecule has 0 heterocycles. The van der Waals surface area contributed by atoms with E-state index in [1.54, 1.807) is 12.1 Å². The van der Waals surface area contributed by atoms with Crippen LogP contribution in [0.25, 0.3) is 0 Å². The van der Waals surface area contributed by atoms with Crippen LogP contribution in [-0.2, 0) is 12.0 Å². The monoisotopic (exact) mass is 311 g/mol. The minimum Gasteiger partial charge on any atom is -0.342 e. The molecule has 0 radical (unpaired) electrons. The van der Waals surface area contributed by atoms with Crippen LogP contribution in [0.15, 0.2) is 54.6 Å². The average molecular weight is 311 g/mol. The molecule has 0 amide bonds. The second-order valence-corrected chi connectivity index (χ2v) is 6.47. The van der Waals surface area contributed by atoms with Gasteiger partial charge < -0.3 is 5.32 Å². The second-order valence-electron chi connectivity index (χ2n) is 6.47. The van der Waals surface area contributed by atoms with Crippen LogP contribution in [0.5, 0.6) is 0 Å². The number of quaternary nitrogens is 1. The van der Waals surface area contributed by atoms with Crippen LogP contribution >= 0.6 is 0 Å². The summed E-state index contributed by atoms with van der Waals surface area (Å²) in [4.78, 5) is 10.3. The van der Waals surface area contributed by atoms with Gasteiger partial charge in [0.25, 0.3) is 5.69 Å². The lowest BCUT2D eigenvalue weighted by molar-refractivity contribution is -0.677. The van der Waals surface area contributed by atoms with Gasteiger partial charge in [0.05, 0.1) is 11.5 Å². The minimum atomic E-state index is -0.351. The lowest BCUT2D eigenvalue weighted by atomic mass is 9.79. The molecule has 4 heteroatoms. The molecule has 0 atom stereocenters. The fourth-order valence-corrected chi connectivity index (χ4v) is 3.72. The van der Waals surface area contributed by atoms with Gasteiger partial charge in [0.15, 0.2) is 0 Å². The van der Waals surface area contributed by atoms with Crippen molar-refractivity contribution in [3.63, 3.8) is 0 Å². The summed E-state index contributed by atoms with van der Waals surface area (Å²) in [6.45, 7) is 1.95. The van der Waals surface area contributed by atoms with E-state index in [0.29, 0.717) is 5.41 Å². The van der Waals surface area contributed by atoms with E-state index in [0.717, 1.165) is 18.7 Å². The predicted molar refractivity (Wildman–Crippen MR) is 90.2 cm³/mol. The van der Waals surface area contributed by atoms with Crippen LogP contribution in [0.3, 0.4) is 0 Å². The Morgan fingerprint density at radius 3 is 2.26 bits per heavy atom. The second kappa shape index (κ2) is 6.92. The first kappa shape index (κ1) is 15.7. The quantitative estimate of drug-likeness (QED) is 0.658. The zero-order valence-corrected chi connectivity index (χ0v) is 13.3. The molecule has 0 saturated heterocycles. The first-order chi connectivity index (χ1) is 11.2. The predicted octanol–water partition coefficient (Wildman–Crippen LogP) is 3.17. The summed E-state index contributed by atoms with van der Waals surface area (Å²) < 4.78 is 0. The number of hydrogen-bond acceptors (Lipinski definition) is 2. The summed E-state index contributed by atoms with van der Waals surface area (Å²) in [5.74, 6) is 0. The van der Waals surface area contributed by atoms with E-state index in [9.17, 15) is 10.1 Å². The maximum atomic E-state index is 10.7. The molecule has 1 saturated carbocycles. The van der Waals surface area contributed by atoms with Crippen molar-refractivity contribution >= 4 is 5.69 Å². The number of nitrogens with zero attached hydrogens (tertiary/aromatic N) is 1. The third-order valence-electron chi connectivity index (χ3n) is 5.01. The Balaban J connectivity index is 1.63. The number of benzene rings is 2. The molecule has 2 N–H and O–H groups in total. The fraction of sp³-hybridized carbons (Fsp3) is 0.368. The van der Waals surface area contributed by atoms with Crippen LogP contribution < -0.4 is 5.32 Å². The standard InChI is InChI=1S/C19H22N2O2/c22-21(23)18-10-8-16(9-11-18)14-20-15-19(12-4-5-13-19)17-6-2-1-3-7-17/h1-3,6-11,20H,4-5,12-15H2/p+1. The van der Waals surface area contributed by atoms with E-state index in [4.69, 9.17) is 0 Å². The van der Waals surface area contributed by atoms with Crippen LogP contribution in [0.1, 0.15) is 36.8 Å². The maximum absolute atomic E-state index is 10.7. The van der Waals surface area contributed by atoms with Gasteiger partial charge in [-0.1, -0.05) is 43.2 Å². The summed E-state index contributed by atoms with van der Waals surface area (Å²) in [5, 5.41) is 13.0. The van der Waals surface area contributed by atoms with Gasteiger partial charge in [-0.15, -0.1) is 0 Å². The summed E-state index contributed by atoms with van der Waals surface area (Å²) >= 11 is 0. The van der Waals surface area contributed by atoms with Crippen molar-refractivity contribution in [1.29, 1.82) is 0 Å². The van der Waals surface area contributed by atoms with E-state index in [1.807, 2.05) is 12.1 Å². The van der Waals surface area contributed by atoms with Crippen molar-refractivity contribution in [2.75, 3.05) is 6.54 Å². The lowest BCUT2D eigenvalue weighted by Gasteiger charge is -2.27. The summed E-state index contributed by atoms with van der Waals surface area (Å²) in [7, 11) is 0. The smallest absolute Gasteiger partial charge is 0.269 e. The van der Waals surface area contributed by atoms with Crippen LogP contribution in [0.4, 0.5) is 5.69 Å². The Kier molecular flexibility index (Phi) is 4.72. The third kappa shape index (κ3) is 3.59. The van der Waals surface area contributed by atoms with E-state index < -0.39 is 0 Å². The normalized spacial score (nSPS) is 16.3. The summed E-state index contributed by atoms with van der Waals surface area (Å²) in [6.07, 6.45) is 5.13. The van der Waals surface area contributed by atoms with Crippen molar-refractivity contribution in [2.45, 2.75) is 37.6 Å². The van der Waals surface area contributed by atoms with Crippen LogP contribution in [0, 0.1) is 10.1 Å². The van der Waals surface area contributed by atoms with Crippen LogP contribution in [0.2, 0.25) is 0 Å². The van der Waals surface area contributed by atoms with Crippen molar-refractivity contribution in [1.82, 2.24) is 0 Å². The SMILES string of the molecule is O=[N+]([O-])c1ccc(C[NH2+]CC2(c3ccccc3)CCCC2)cc1. The Labute approximate surface area is 136 Å². The molecule has 0 aromatic heterocycles. The molecule has 2 aromatic carbocycles. The number of nitro groups is 1. The molecule has 1 aliphatic rings. The topological polar surface area (TPSA) is 59.8 Å². The lowest BCUT2D eigenvalue weighted by Crippen LogP contribution is -2.86. The van der Waals surface area contributed by atoms with Gasteiger partial charge in [0.1, 0.15) is 6.54 Å². The highest BCUT2D eigenvalue weighted by molar-refractivity contribution is 5.32. The van der Waals surface area contributed by atoms with Gasteiger partial charge in [-0.05, 0) is 30.5 Å². The fourth-order valence-electron chi connectivity index (χ4n) is 3.72. The van der Waals surface area contributed by atoms with Gasteiger partial charge in [-0.2, -0.15) is 0 Å². The van der Waals surface area contributed by atoms with E-state index >= 15 is 0 Å². The Hall–Kier alpha value is -2.20. The molecule has 1 aliphatic carbocycles. The number of nitrogens with two attached hydrogens (primary N) is 1. The van der Waals surface area contributed by atoms with Crippen molar-refractivity contribution in [3.05, 3.63) is 75.8 Å². The van der Waals surface area contributed by atoms with E-state index in [-0.39, 0.29) is 10.6 Å². The first-order valence-electron chi connectivity index (χ1n) is 8.30. The molecular weight excluding hydrogens is 288 g/mol. The molecule has 0 aliphatic heterocycles. The summed E-state index contributed by atoms with van der Waals surface area (Å²) in [6, 6.07) is 17.7. The van der Waals surface area contributed by atoms with Gasteiger partial charge in [-0.25, -0.2) is 0 Å². The third-order valence-corrected chi connectivity index (χ3v) is 5.01. The molecule has 0 spiro atoms. The number of rotatable bonds is 6. The zero-order valence-electron chi connectivity index (χ0n) is 13.3. The molecule has 3 rings (SSSR count). The number of hydrogen-bond donors (Lipinski definition) is 1. The Bertz CT molecular complexity index is 647. The van der Waals surface area contributed by atoms with E-state index in [1.165, 1.54) is 31.2 Å². The summed E-state index contributed by atoms with van der Waals surface area (Å²) in [5.41, 5.74) is 3.04. The first-order valence-corrected chi connectivity index (χ1v) is 8.30. The van der Waals surface area contributed by atoms with Crippen molar-refractivity contribution in [3.8, 4) is 0 Å². The van der Waals surface area contributed by atoms with Crippen LogP contribution in [-0.4, -0.2) is 11.5 Å². The van der Waals surface area contributed by atoms with Gasteiger partial charge in [-0.3, -0.25) is 10.1 Å². The highest BCUT2D eigenvalue weighted by Crippen LogP contribution is 2.39. The van der Waals surface area contributed by atoms with Crippen molar-refractivity contribution in [2.24, 2.45) is 0 Å². The molecule has 23 heavy (non-hydrogen) atoms. The highest BCUT2D eigenvalue weighted by Gasteiger charge is 2.37. The highest BCUT2D eigenvalue weighted by atomic mass is 16.6. The minimum absolute atomic E-state index is 0.158. The molecule has 1 fully saturated rings. The van der Waals surface area contributed by atoms with Gasteiger partial charge >= 0.3 is 0 Å². The zero-order chi connectivity index (χ0) is 16.1. The molecule has 2 aromatic rings. The molecular formula is C19H23N2O2+. The molecule has 0 unspecified atom stereocenters. The number of non-ortho nitro benzene ring substituents is 1. The van der Waals surface area contributed by atoms with Crippen molar-refractivity contribution < 1.29 is 10.2 Å². The molecule has 4 nitrogen and oxygen atoms in total. The number of nitro benzene ring substituents is 1. The maximum Gasteiger partial charge on any atom is 0.269 e. The molecule has 120 valence electrons. The Morgan fingerprint density at radius 1 is 1.00 bits per heavy atom. The van der Waals surface area contributed by atoms with E-state index in [2.05, 4.69) is 35.6 Å². The van der Waals surface area contributed by atoms with Gasteiger partial charge in [0.2, 0.25) is 0 Å². The molecule has 0 bridgehead atoms. The average Bonchev–Trinajstić information content (AvgIpc) is 3.06. The largest absolute Gasteiger partial charge is 0.342 e. The Morgan fingerprint density at radius 2 is 1.65 bits per heavy atom.